The van der Waals surface area contributed by atoms with E-state index in [1.54, 1.807) is 4.57 Å². The van der Waals surface area contributed by atoms with Gasteiger partial charge in [-0.3, -0.25) is 14.3 Å². The number of aromatic nitrogens is 4. The molecule has 2 aromatic rings. The summed E-state index contributed by atoms with van der Waals surface area (Å²) in [5.41, 5.74) is 5.81. The van der Waals surface area contributed by atoms with Gasteiger partial charge >= 0.3 is 0 Å². The van der Waals surface area contributed by atoms with Gasteiger partial charge in [-0.05, 0) is 12.8 Å². The van der Waals surface area contributed by atoms with E-state index in [2.05, 4.69) is 15.0 Å². The average Bonchev–Trinajstić information content (AvgIpc) is 3.02. The van der Waals surface area contributed by atoms with E-state index in [1.807, 2.05) is 0 Å². The molecule has 0 aliphatic carbocycles. The number of nitrogens with one attached hydrogen (secondary N) is 1. The van der Waals surface area contributed by atoms with Gasteiger partial charge in [-0.15, -0.1) is 0 Å². The molecule has 3 rings (SSSR count). The van der Waals surface area contributed by atoms with Gasteiger partial charge in [0.2, 0.25) is 5.95 Å². The third-order valence-corrected chi connectivity index (χ3v) is 3.24. The first-order chi connectivity index (χ1) is 9.69. The number of nitrogens with zero attached hydrogens (tertiary/aromatic N) is 3. The number of imidazole rings is 1. The largest absolute Gasteiger partial charge is 0.371 e. The Morgan fingerprint density at radius 1 is 1.60 bits per heavy atom. The van der Waals surface area contributed by atoms with Crippen molar-refractivity contribution in [2.45, 2.75) is 25.2 Å². The van der Waals surface area contributed by atoms with E-state index in [0.29, 0.717) is 12.3 Å². The lowest BCUT2D eigenvalue weighted by molar-refractivity contribution is -0.0746. The zero-order valence-electron chi connectivity index (χ0n) is 10.7. The minimum atomic E-state index is -0.371. The number of ether oxygens (including phenoxy) is 2. The third kappa shape index (κ3) is 2.26. The first-order valence-electron chi connectivity index (χ1n) is 6.25. The average molecular weight is 281 g/mol. The lowest BCUT2D eigenvalue weighted by atomic mass is 10.2. The van der Waals surface area contributed by atoms with E-state index >= 15 is 0 Å². The molecule has 9 heteroatoms. The second-order valence-electron chi connectivity index (χ2n) is 4.57. The highest BCUT2D eigenvalue weighted by Crippen LogP contribution is 2.30. The number of hydrogen-bond acceptors (Lipinski definition) is 7. The highest BCUT2D eigenvalue weighted by atomic mass is 16.6. The Hall–Kier alpha value is -1.97. The van der Waals surface area contributed by atoms with Crippen LogP contribution in [0.3, 0.4) is 0 Å². The summed E-state index contributed by atoms with van der Waals surface area (Å²) in [5, 5.41) is 8.62. The molecule has 1 aliphatic heterocycles. The molecule has 2 unspecified atom stereocenters. The quantitative estimate of drug-likeness (QED) is 0.635. The zero-order valence-corrected chi connectivity index (χ0v) is 10.7. The van der Waals surface area contributed by atoms with Crippen LogP contribution in [0.4, 0.5) is 5.95 Å². The van der Waals surface area contributed by atoms with Crippen LogP contribution in [-0.4, -0.2) is 44.1 Å². The molecule has 0 bridgehead atoms. The van der Waals surface area contributed by atoms with E-state index < -0.39 is 0 Å². The van der Waals surface area contributed by atoms with Crippen molar-refractivity contribution >= 4 is 17.1 Å². The number of aliphatic hydroxyl groups excluding tert-OH is 1. The molecular formula is C11H15N5O4. The maximum absolute atomic E-state index is 11.7. The molecule has 1 aliphatic rings. The van der Waals surface area contributed by atoms with Gasteiger partial charge in [-0.25, -0.2) is 4.98 Å². The van der Waals surface area contributed by atoms with Crippen LogP contribution in [0.1, 0.15) is 19.1 Å². The number of nitrogens with two attached hydrogens (primary N) is 1. The van der Waals surface area contributed by atoms with Crippen molar-refractivity contribution in [1.82, 2.24) is 19.5 Å². The minimum absolute atomic E-state index is 0.0439. The first kappa shape index (κ1) is 13.0. The van der Waals surface area contributed by atoms with Crippen LogP contribution < -0.4 is 11.3 Å². The number of nitrogen functional groups attached to an aromatic ring is 1. The van der Waals surface area contributed by atoms with Gasteiger partial charge in [0.25, 0.3) is 5.56 Å². The summed E-state index contributed by atoms with van der Waals surface area (Å²) in [5.74, 6) is 0.0439. The van der Waals surface area contributed by atoms with E-state index in [0.717, 1.165) is 12.8 Å². The fourth-order valence-electron chi connectivity index (χ4n) is 2.35. The van der Waals surface area contributed by atoms with Crippen molar-refractivity contribution in [2.24, 2.45) is 0 Å². The summed E-state index contributed by atoms with van der Waals surface area (Å²) < 4.78 is 12.4. The minimum Gasteiger partial charge on any atom is -0.371 e. The fourth-order valence-corrected chi connectivity index (χ4v) is 2.35. The molecule has 0 radical (unpaired) electrons. The van der Waals surface area contributed by atoms with E-state index in [9.17, 15) is 4.79 Å². The van der Waals surface area contributed by atoms with Crippen LogP contribution in [0.2, 0.25) is 0 Å². The number of hydrogen-bond donors (Lipinski definition) is 3. The van der Waals surface area contributed by atoms with Crippen LogP contribution in [0.25, 0.3) is 11.2 Å². The number of H-pyrrole nitrogens is 1. The van der Waals surface area contributed by atoms with Crippen LogP contribution in [-0.2, 0) is 9.47 Å². The SMILES string of the molecule is Nc1nc2c(ncn2C2CCC(COCO)O2)c(=O)[nH]1. The maximum Gasteiger partial charge on any atom is 0.280 e. The Labute approximate surface area is 113 Å². The Morgan fingerprint density at radius 3 is 3.25 bits per heavy atom. The second kappa shape index (κ2) is 5.19. The van der Waals surface area contributed by atoms with E-state index in [1.165, 1.54) is 6.33 Å². The van der Waals surface area contributed by atoms with Crippen LogP contribution in [0.15, 0.2) is 11.1 Å². The molecule has 0 aromatic carbocycles. The summed E-state index contributed by atoms with van der Waals surface area (Å²) in [6, 6.07) is 0. The number of anilines is 1. The Balaban J connectivity index is 1.87. The summed E-state index contributed by atoms with van der Waals surface area (Å²) in [6.45, 7) is 0.00176. The molecular weight excluding hydrogens is 266 g/mol. The van der Waals surface area contributed by atoms with Crippen molar-refractivity contribution in [3.63, 3.8) is 0 Å². The van der Waals surface area contributed by atoms with Crippen LogP contribution in [0.5, 0.6) is 0 Å². The molecule has 3 heterocycles. The molecule has 2 aromatic heterocycles. The van der Waals surface area contributed by atoms with Crippen molar-refractivity contribution in [3.8, 4) is 0 Å². The lowest BCUT2D eigenvalue weighted by Crippen LogP contribution is -2.17. The predicted molar refractivity (Wildman–Crippen MR) is 68.7 cm³/mol. The topological polar surface area (TPSA) is 128 Å². The lowest BCUT2D eigenvalue weighted by Gasteiger charge is -2.14. The fraction of sp³-hybridized carbons (Fsp3) is 0.545. The molecule has 0 spiro atoms. The van der Waals surface area contributed by atoms with Gasteiger partial charge < -0.3 is 20.3 Å². The molecule has 1 saturated heterocycles. The normalized spacial score (nSPS) is 22.6. The van der Waals surface area contributed by atoms with Gasteiger partial charge in [0.05, 0.1) is 19.0 Å². The summed E-state index contributed by atoms with van der Waals surface area (Å²) in [6.07, 6.45) is 2.71. The smallest absolute Gasteiger partial charge is 0.280 e. The highest BCUT2D eigenvalue weighted by molar-refractivity contribution is 5.70. The zero-order chi connectivity index (χ0) is 14.1. The Kier molecular flexibility index (Phi) is 3.38. The van der Waals surface area contributed by atoms with Gasteiger partial charge in [-0.2, -0.15) is 4.98 Å². The number of rotatable bonds is 4. The first-order valence-corrected chi connectivity index (χ1v) is 6.25. The standard InChI is InChI=1S/C11H15N5O4/c12-11-14-9-8(10(18)15-11)13-4-16(9)7-2-1-6(20-7)3-19-5-17/h4,6-7,17H,1-3,5H2,(H3,12,14,15,18). The van der Waals surface area contributed by atoms with E-state index in [-0.39, 0.29) is 36.1 Å². The van der Waals surface area contributed by atoms with Crippen molar-refractivity contribution in [3.05, 3.63) is 16.7 Å². The van der Waals surface area contributed by atoms with Crippen molar-refractivity contribution in [2.75, 3.05) is 19.1 Å². The number of fused-ring (bicyclic) bond motifs is 1. The molecule has 2 atom stereocenters. The van der Waals surface area contributed by atoms with E-state index in [4.69, 9.17) is 20.3 Å². The molecule has 4 N–H and O–H groups in total. The highest BCUT2D eigenvalue weighted by Gasteiger charge is 2.28. The Bertz CT molecular complexity index is 666. The van der Waals surface area contributed by atoms with Gasteiger partial charge in [0.15, 0.2) is 11.2 Å². The molecule has 0 amide bonds. The molecule has 20 heavy (non-hydrogen) atoms. The van der Waals surface area contributed by atoms with Crippen LogP contribution >= 0.6 is 0 Å². The predicted octanol–water partition coefficient (Wildman–Crippen LogP) is -0.654. The molecule has 108 valence electrons. The molecule has 9 nitrogen and oxygen atoms in total. The van der Waals surface area contributed by atoms with Gasteiger partial charge in [-0.1, -0.05) is 0 Å². The summed E-state index contributed by atoms with van der Waals surface area (Å²) in [7, 11) is 0. The van der Waals surface area contributed by atoms with Gasteiger partial charge in [0, 0.05) is 0 Å². The van der Waals surface area contributed by atoms with Gasteiger partial charge in [0.1, 0.15) is 13.0 Å². The summed E-state index contributed by atoms with van der Waals surface area (Å²) >= 11 is 0. The monoisotopic (exact) mass is 281 g/mol. The second-order valence-corrected chi connectivity index (χ2v) is 4.57. The van der Waals surface area contributed by atoms with Crippen LogP contribution in [0, 0.1) is 0 Å². The van der Waals surface area contributed by atoms with Crippen molar-refractivity contribution < 1.29 is 14.6 Å². The molecule has 0 saturated carbocycles. The number of aliphatic hydroxyl groups is 1. The summed E-state index contributed by atoms with van der Waals surface area (Å²) in [4.78, 5) is 22.2. The molecule has 1 fully saturated rings. The van der Waals surface area contributed by atoms with Crippen molar-refractivity contribution in [1.29, 1.82) is 0 Å². The number of aromatic amines is 1. The Morgan fingerprint density at radius 2 is 2.45 bits per heavy atom. The maximum atomic E-state index is 11.7. The third-order valence-electron chi connectivity index (χ3n) is 3.24.